The van der Waals surface area contributed by atoms with E-state index >= 15 is 0 Å². The first-order valence-electron chi connectivity index (χ1n) is 7.47. The number of rotatable bonds is 5. The number of likely N-dealkylation sites (tertiary alicyclic amines) is 1. The molecular formula is C16H25BrN2O. The van der Waals surface area contributed by atoms with Gasteiger partial charge >= 0.3 is 0 Å². The molecule has 1 saturated heterocycles. The summed E-state index contributed by atoms with van der Waals surface area (Å²) in [5.41, 5.74) is 0. The van der Waals surface area contributed by atoms with Gasteiger partial charge in [-0.05, 0) is 25.2 Å². The summed E-state index contributed by atoms with van der Waals surface area (Å²) in [6.45, 7) is 5.18. The molecule has 1 aromatic rings. The summed E-state index contributed by atoms with van der Waals surface area (Å²) in [6, 6.07) is 6.11. The number of amides is 1. The molecule has 1 aromatic heterocycles. The van der Waals surface area contributed by atoms with E-state index in [2.05, 4.69) is 28.8 Å². The summed E-state index contributed by atoms with van der Waals surface area (Å²) in [4.78, 5) is 14.1. The van der Waals surface area contributed by atoms with E-state index in [0.717, 1.165) is 32.5 Å². The summed E-state index contributed by atoms with van der Waals surface area (Å²) >= 11 is 0. The van der Waals surface area contributed by atoms with Crippen LogP contribution in [-0.2, 0) is 11.3 Å². The molecule has 1 amide bonds. The number of carbonyl (C=O) groups excluding carboxylic acids is 1. The molecule has 0 bridgehead atoms. The number of halogens is 1. The zero-order valence-corrected chi connectivity index (χ0v) is 13.9. The van der Waals surface area contributed by atoms with Gasteiger partial charge in [0.05, 0.1) is 0 Å². The number of hydrogen-bond donors (Lipinski definition) is 0. The largest absolute Gasteiger partial charge is 1.00 e. The minimum absolute atomic E-state index is 0. The highest BCUT2D eigenvalue weighted by Gasteiger charge is 2.20. The van der Waals surface area contributed by atoms with Gasteiger partial charge in [-0.25, -0.2) is 4.57 Å². The van der Waals surface area contributed by atoms with Crippen molar-refractivity contribution in [3.05, 3.63) is 30.6 Å². The van der Waals surface area contributed by atoms with Crippen molar-refractivity contribution in [3.63, 3.8) is 0 Å². The lowest BCUT2D eigenvalue weighted by Gasteiger charge is -2.31. The highest BCUT2D eigenvalue weighted by molar-refractivity contribution is 5.76. The Balaban J connectivity index is 0.00000200. The van der Waals surface area contributed by atoms with E-state index in [4.69, 9.17) is 0 Å². The van der Waals surface area contributed by atoms with Crippen molar-refractivity contribution in [1.82, 2.24) is 4.90 Å². The highest BCUT2D eigenvalue weighted by Crippen LogP contribution is 2.16. The molecule has 1 fully saturated rings. The van der Waals surface area contributed by atoms with Crippen LogP contribution in [0.15, 0.2) is 30.6 Å². The van der Waals surface area contributed by atoms with E-state index < -0.39 is 0 Å². The molecule has 2 rings (SSSR count). The number of unbranched alkanes of at least 4 members (excludes halogenated alkanes) is 1. The standard InChI is InChI=1S/C16H25N2O.BrH/c1-15-8-7-13-18(14-15)16(19)9-3-6-12-17-10-4-2-5-11-17;/h2,4-5,10-11,15H,3,6-9,12-14H2,1H3;1H/q+1;/p-1. The van der Waals surface area contributed by atoms with Crippen molar-refractivity contribution >= 4 is 5.91 Å². The van der Waals surface area contributed by atoms with E-state index in [1.165, 1.54) is 12.8 Å². The van der Waals surface area contributed by atoms with Crippen LogP contribution in [0, 0.1) is 5.92 Å². The zero-order chi connectivity index (χ0) is 13.5. The molecule has 1 aliphatic heterocycles. The SMILES string of the molecule is CC1CCCN(C(=O)CCCC[n+]2ccccc2)C1.[Br-]. The number of piperidine rings is 1. The second-order valence-corrected chi connectivity index (χ2v) is 5.66. The molecule has 0 spiro atoms. The third-order valence-electron chi connectivity index (χ3n) is 3.84. The molecule has 0 N–H and O–H groups in total. The maximum atomic E-state index is 12.1. The van der Waals surface area contributed by atoms with Crippen LogP contribution in [0.1, 0.15) is 39.0 Å². The Kier molecular flexibility index (Phi) is 7.82. The van der Waals surface area contributed by atoms with Gasteiger partial charge in [-0.2, -0.15) is 0 Å². The second-order valence-electron chi connectivity index (χ2n) is 5.66. The fourth-order valence-corrected chi connectivity index (χ4v) is 2.73. The monoisotopic (exact) mass is 340 g/mol. The predicted molar refractivity (Wildman–Crippen MR) is 75.5 cm³/mol. The highest BCUT2D eigenvalue weighted by atomic mass is 79.9. The maximum Gasteiger partial charge on any atom is 0.222 e. The molecular weight excluding hydrogens is 316 g/mol. The molecule has 0 saturated carbocycles. The minimum atomic E-state index is 0. The van der Waals surface area contributed by atoms with Gasteiger partial charge in [0.1, 0.15) is 6.54 Å². The van der Waals surface area contributed by atoms with Crippen LogP contribution in [0.25, 0.3) is 0 Å². The van der Waals surface area contributed by atoms with Crippen LogP contribution in [0.2, 0.25) is 0 Å². The molecule has 4 heteroatoms. The Labute approximate surface area is 132 Å². The fourth-order valence-electron chi connectivity index (χ4n) is 2.73. The smallest absolute Gasteiger partial charge is 0.222 e. The predicted octanol–water partition coefficient (Wildman–Crippen LogP) is -0.593. The third-order valence-corrected chi connectivity index (χ3v) is 3.84. The summed E-state index contributed by atoms with van der Waals surface area (Å²) in [5, 5.41) is 0. The van der Waals surface area contributed by atoms with Crippen LogP contribution in [0.4, 0.5) is 0 Å². The average molecular weight is 341 g/mol. The van der Waals surface area contributed by atoms with Gasteiger partial charge in [0.25, 0.3) is 0 Å². The topological polar surface area (TPSA) is 24.2 Å². The van der Waals surface area contributed by atoms with Gasteiger partial charge in [0.15, 0.2) is 12.4 Å². The van der Waals surface area contributed by atoms with Crippen LogP contribution < -0.4 is 21.5 Å². The first-order chi connectivity index (χ1) is 9.25. The summed E-state index contributed by atoms with van der Waals surface area (Å²) in [5.74, 6) is 1.03. The van der Waals surface area contributed by atoms with Crippen molar-refractivity contribution in [1.29, 1.82) is 0 Å². The van der Waals surface area contributed by atoms with Crippen molar-refractivity contribution in [3.8, 4) is 0 Å². The number of nitrogens with zero attached hydrogens (tertiary/aromatic N) is 2. The number of aromatic nitrogens is 1. The van der Waals surface area contributed by atoms with Gasteiger partial charge in [-0.15, -0.1) is 0 Å². The second kappa shape index (κ2) is 9.11. The summed E-state index contributed by atoms with van der Waals surface area (Å²) in [6.07, 6.45) is 9.37. The summed E-state index contributed by atoms with van der Waals surface area (Å²) < 4.78 is 2.17. The fraction of sp³-hybridized carbons (Fsp3) is 0.625. The van der Waals surface area contributed by atoms with Crippen molar-refractivity contribution in [2.24, 2.45) is 5.92 Å². The zero-order valence-electron chi connectivity index (χ0n) is 12.3. The Hall–Kier alpha value is -0.900. The molecule has 1 atom stereocenters. The molecule has 20 heavy (non-hydrogen) atoms. The number of carbonyl (C=O) groups is 1. The molecule has 0 radical (unpaired) electrons. The Bertz CT molecular complexity index is 397. The third kappa shape index (κ3) is 5.61. The van der Waals surface area contributed by atoms with Crippen molar-refractivity contribution < 1.29 is 26.3 Å². The Morgan fingerprint density at radius 3 is 2.70 bits per heavy atom. The van der Waals surface area contributed by atoms with Crippen molar-refractivity contribution in [2.75, 3.05) is 13.1 Å². The van der Waals surface area contributed by atoms with Crippen molar-refractivity contribution in [2.45, 2.75) is 45.6 Å². The lowest BCUT2D eigenvalue weighted by atomic mass is 10.00. The van der Waals surface area contributed by atoms with Crippen LogP contribution in [0.3, 0.4) is 0 Å². The maximum absolute atomic E-state index is 12.1. The van der Waals surface area contributed by atoms with E-state index in [0.29, 0.717) is 18.2 Å². The number of aryl methyl sites for hydroxylation is 1. The van der Waals surface area contributed by atoms with E-state index in [9.17, 15) is 4.79 Å². The number of hydrogen-bond acceptors (Lipinski definition) is 1. The Morgan fingerprint density at radius 1 is 1.25 bits per heavy atom. The van der Waals surface area contributed by atoms with Gasteiger partial charge in [0.2, 0.25) is 5.91 Å². The quantitative estimate of drug-likeness (QED) is 0.519. The summed E-state index contributed by atoms with van der Waals surface area (Å²) in [7, 11) is 0. The molecule has 2 heterocycles. The van der Waals surface area contributed by atoms with Gasteiger partial charge in [0, 0.05) is 38.1 Å². The molecule has 0 aromatic carbocycles. The molecule has 112 valence electrons. The van der Waals surface area contributed by atoms with Gasteiger partial charge in [-0.3, -0.25) is 4.79 Å². The first kappa shape index (κ1) is 17.2. The lowest BCUT2D eigenvalue weighted by Crippen LogP contribution is -3.00. The molecule has 1 unspecified atom stereocenters. The first-order valence-corrected chi connectivity index (χ1v) is 7.47. The lowest BCUT2D eigenvalue weighted by molar-refractivity contribution is -0.697. The van der Waals surface area contributed by atoms with Gasteiger partial charge in [-0.1, -0.05) is 13.0 Å². The molecule has 3 nitrogen and oxygen atoms in total. The van der Waals surface area contributed by atoms with Crippen LogP contribution in [-0.4, -0.2) is 23.9 Å². The van der Waals surface area contributed by atoms with Gasteiger partial charge < -0.3 is 21.9 Å². The molecule has 0 aliphatic carbocycles. The van der Waals surface area contributed by atoms with E-state index in [-0.39, 0.29) is 17.0 Å². The van der Waals surface area contributed by atoms with Crippen LogP contribution >= 0.6 is 0 Å². The average Bonchev–Trinajstić information content (AvgIpc) is 2.44. The number of pyridine rings is 1. The minimum Gasteiger partial charge on any atom is -1.00 e. The van der Waals surface area contributed by atoms with E-state index in [1.54, 1.807) is 0 Å². The normalized spacial score (nSPS) is 18.4. The molecule has 1 aliphatic rings. The van der Waals surface area contributed by atoms with Crippen LogP contribution in [0.5, 0.6) is 0 Å². The van der Waals surface area contributed by atoms with E-state index in [1.807, 2.05) is 18.2 Å². The Morgan fingerprint density at radius 2 is 2.00 bits per heavy atom.